The van der Waals surface area contributed by atoms with Gasteiger partial charge in [-0.2, -0.15) is 0 Å². The van der Waals surface area contributed by atoms with Crippen molar-refractivity contribution in [1.29, 1.82) is 0 Å². The summed E-state index contributed by atoms with van der Waals surface area (Å²) >= 11 is 0. The third-order valence-corrected chi connectivity index (χ3v) is 3.23. The van der Waals surface area contributed by atoms with E-state index in [4.69, 9.17) is 0 Å². The Labute approximate surface area is 86.9 Å². The molecule has 1 fully saturated rings. The van der Waals surface area contributed by atoms with Crippen molar-refractivity contribution in [2.45, 2.75) is 39.3 Å². The lowest BCUT2D eigenvalue weighted by atomic mass is 9.93. The zero-order valence-electron chi connectivity index (χ0n) is 9.81. The van der Waals surface area contributed by atoms with E-state index < -0.39 is 0 Å². The molecule has 3 heteroatoms. The van der Waals surface area contributed by atoms with Crippen LogP contribution in [0.1, 0.15) is 27.7 Å². The molecular weight excluding hydrogens is 179 g/mol. The molecule has 1 unspecified atom stereocenters. The van der Waals surface area contributed by atoms with E-state index in [1.165, 1.54) is 0 Å². The lowest BCUT2D eigenvalue weighted by Crippen LogP contribution is -2.63. The van der Waals surface area contributed by atoms with Crippen LogP contribution in [0.2, 0.25) is 0 Å². The molecule has 1 saturated heterocycles. The van der Waals surface area contributed by atoms with E-state index >= 15 is 0 Å². The van der Waals surface area contributed by atoms with Crippen LogP contribution in [0.25, 0.3) is 0 Å². The SMILES string of the molecule is CC(C)C1CN(CCF)C(C)(C)CN1. The van der Waals surface area contributed by atoms with Crippen molar-refractivity contribution in [3.8, 4) is 0 Å². The topological polar surface area (TPSA) is 15.3 Å². The largest absolute Gasteiger partial charge is 0.311 e. The minimum Gasteiger partial charge on any atom is -0.311 e. The molecule has 84 valence electrons. The number of nitrogens with one attached hydrogen (secondary N) is 1. The van der Waals surface area contributed by atoms with Crippen molar-refractivity contribution in [1.82, 2.24) is 10.2 Å². The van der Waals surface area contributed by atoms with Gasteiger partial charge in [-0.25, -0.2) is 4.39 Å². The van der Waals surface area contributed by atoms with Crippen molar-refractivity contribution in [2.24, 2.45) is 5.92 Å². The average molecular weight is 202 g/mol. The molecule has 1 atom stereocenters. The molecule has 0 aromatic carbocycles. The summed E-state index contributed by atoms with van der Waals surface area (Å²) in [6, 6.07) is 0.509. The quantitative estimate of drug-likeness (QED) is 0.749. The molecule has 14 heavy (non-hydrogen) atoms. The van der Waals surface area contributed by atoms with Gasteiger partial charge in [-0.15, -0.1) is 0 Å². The van der Waals surface area contributed by atoms with Crippen LogP contribution in [0.3, 0.4) is 0 Å². The van der Waals surface area contributed by atoms with E-state index in [1.54, 1.807) is 0 Å². The van der Waals surface area contributed by atoms with Gasteiger partial charge in [0.1, 0.15) is 6.67 Å². The lowest BCUT2D eigenvalue weighted by molar-refractivity contribution is 0.0494. The molecule has 0 amide bonds. The number of hydrogen-bond donors (Lipinski definition) is 1. The van der Waals surface area contributed by atoms with Crippen LogP contribution in [0.15, 0.2) is 0 Å². The van der Waals surface area contributed by atoms with E-state index in [-0.39, 0.29) is 12.2 Å². The van der Waals surface area contributed by atoms with Crippen LogP contribution in [0, 0.1) is 5.92 Å². The van der Waals surface area contributed by atoms with Crippen molar-refractivity contribution in [2.75, 3.05) is 26.3 Å². The van der Waals surface area contributed by atoms with Gasteiger partial charge >= 0.3 is 0 Å². The molecule has 0 radical (unpaired) electrons. The Bertz CT molecular complexity index is 180. The number of hydrogen-bond acceptors (Lipinski definition) is 2. The van der Waals surface area contributed by atoms with Crippen molar-refractivity contribution < 1.29 is 4.39 Å². The third-order valence-electron chi connectivity index (χ3n) is 3.23. The van der Waals surface area contributed by atoms with Gasteiger partial charge in [0.25, 0.3) is 0 Å². The standard InChI is InChI=1S/C11H23FN2/c1-9(2)10-7-14(6-5-12)11(3,4)8-13-10/h9-10,13H,5-8H2,1-4H3. The second kappa shape index (κ2) is 4.58. The fourth-order valence-corrected chi connectivity index (χ4v) is 1.98. The Kier molecular flexibility index (Phi) is 3.90. The minimum atomic E-state index is -0.242. The molecule has 0 spiro atoms. The summed E-state index contributed by atoms with van der Waals surface area (Å²) in [7, 11) is 0. The summed E-state index contributed by atoms with van der Waals surface area (Å²) in [5.74, 6) is 0.619. The number of halogens is 1. The fraction of sp³-hybridized carbons (Fsp3) is 1.00. The predicted octanol–water partition coefficient (Wildman–Crippen LogP) is 1.66. The molecule has 1 aliphatic rings. The molecule has 1 aliphatic heterocycles. The van der Waals surface area contributed by atoms with Crippen molar-refractivity contribution >= 4 is 0 Å². The monoisotopic (exact) mass is 202 g/mol. The first-order valence-electron chi connectivity index (χ1n) is 5.52. The van der Waals surface area contributed by atoms with Crippen LogP contribution in [0.5, 0.6) is 0 Å². The Morgan fingerprint density at radius 1 is 1.50 bits per heavy atom. The smallest absolute Gasteiger partial charge is 0.102 e. The van der Waals surface area contributed by atoms with Crippen LogP contribution < -0.4 is 5.32 Å². The maximum atomic E-state index is 12.4. The highest BCUT2D eigenvalue weighted by Gasteiger charge is 2.34. The van der Waals surface area contributed by atoms with Gasteiger partial charge in [0.05, 0.1) is 0 Å². The summed E-state index contributed by atoms with van der Waals surface area (Å²) < 4.78 is 12.4. The summed E-state index contributed by atoms with van der Waals surface area (Å²) in [6.07, 6.45) is 0. The second-order valence-corrected chi connectivity index (χ2v) is 5.18. The van der Waals surface area contributed by atoms with E-state index in [2.05, 4.69) is 37.9 Å². The Balaban J connectivity index is 2.58. The summed E-state index contributed by atoms with van der Waals surface area (Å²) in [5, 5.41) is 3.53. The van der Waals surface area contributed by atoms with Gasteiger partial charge in [-0.3, -0.25) is 4.90 Å². The Morgan fingerprint density at radius 3 is 2.64 bits per heavy atom. The molecule has 1 heterocycles. The molecule has 0 saturated carbocycles. The first-order valence-corrected chi connectivity index (χ1v) is 5.52. The fourth-order valence-electron chi connectivity index (χ4n) is 1.98. The predicted molar refractivity (Wildman–Crippen MR) is 58.3 cm³/mol. The summed E-state index contributed by atoms with van der Waals surface area (Å²) in [4.78, 5) is 2.26. The van der Waals surface area contributed by atoms with Crippen LogP contribution in [-0.4, -0.2) is 42.8 Å². The van der Waals surface area contributed by atoms with Gasteiger partial charge in [-0.05, 0) is 19.8 Å². The van der Waals surface area contributed by atoms with Crippen molar-refractivity contribution in [3.63, 3.8) is 0 Å². The first-order chi connectivity index (χ1) is 6.47. The zero-order valence-corrected chi connectivity index (χ0v) is 9.81. The Hall–Kier alpha value is -0.150. The molecule has 0 aliphatic carbocycles. The first kappa shape index (κ1) is 11.9. The third kappa shape index (κ3) is 2.67. The van der Waals surface area contributed by atoms with E-state index in [0.29, 0.717) is 18.5 Å². The highest BCUT2D eigenvalue weighted by Crippen LogP contribution is 2.20. The molecule has 1 N–H and O–H groups in total. The van der Waals surface area contributed by atoms with Crippen LogP contribution in [0.4, 0.5) is 4.39 Å². The second-order valence-electron chi connectivity index (χ2n) is 5.18. The molecule has 1 rings (SSSR count). The zero-order chi connectivity index (χ0) is 10.8. The van der Waals surface area contributed by atoms with E-state index in [0.717, 1.165) is 13.1 Å². The molecule has 0 bridgehead atoms. The minimum absolute atomic E-state index is 0.0947. The normalized spacial score (nSPS) is 28.3. The van der Waals surface area contributed by atoms with E-state index in [1.807, 2.05) is 0 Å². The van der Waals surface area contributed by atoms with Crippen molar-refractivity contribution in [3.05, 3.63) is 0 Å². The molecule has 0 aromatic heterocycles. The van der Waals surface area contributed by atoms with Gasteiger partial charge in [0.15, 0.2) is 0 Å². The summed E-state index contributed by atoms with van der Waals surface area (Å²) in [6.45, 7) is 11.0. The van der Waals surface area contributed by atoms with Gasteiger partial charge in [0, 0.05) is 31.2 Å². The number of alkyl halides is 1. The van der Waals surface area contributed by atoms with Gasteiger partial charge in [0.2, 0.25) is 0 Å². The Morgan fingerprint density at radius 2 is 2.14 bits per heavy atom. The maximum Gasteiger partial charge on any atom is 0.102 e. The average Bonchev–Trinajstić information content (AvgIpc) is 2.08. The van der Waals surface area contributed by atoms with Crippen LogP contribution >= 0.6 is 0 Å². The van der Waals surface area contributed by atoms with Gasteiger partial charge in [-0.1, -0.05) is 13.8 Å². The maximum absolute atomic E-state index is 12.4. The number of piperazine rings is 1. The number of rotatable bonds is 3. The lowest BCUT2D eigenvalue weighted by Gasteiger charge is -2.47. The van der Waals surface area contributed by atoms with E-state index in [9.17, 15) is 4.39 Å². The number of nitrogens with zero attached hydrogens (tertiary/aromatic N) is 1. The molecular formula is C11H23FN2. The van der Waals surface area contributed by atoms with Gasteiger partial charge < -0.3 is 5.32 Å². The molecule has 2 nitrogen and oxygen atoms in total. The molecule has 0 aromatic rings. The highest BCUT2D eigenvalue weighted by atomic mass is 19.1. The van der Waals surface area contributed by atoms with Crippen LogP contribution in [-0.2, 0) is 0 Å². The highest BCUT2D eigenvalue weighted by molar-refractivity contribution is 4.93. The summed E-state index contributed by atoms with van der Waals surface area (Å²) in [5.41, 5.74) is 0.0947.